The molecule has 0 aliphatic heterocycles. The highest BCUT2D eigenvalue weighted by Gasteiger charge is 2.27. The molecule has 114 valence electrons. The van der Waals surface area contributed by atoms with Crippen molar-refractivity contribution in [3.05, 3.63) is 29.6 Å². The highest BCUT2D eigenvalue weighted by Crippen LogP contribution is 2.21. The highest BCUT2D eigenvalue weighted by molar-refractivity contribution is 5.31. The summed E-state index contributed by atoms with van der Waals surface area (Å²) >= 11 is 0. The van der Waals surface area contributed by atoms with E-state index in [1.54, 1.807) is 12.1 Å². The maximum absolute atomic E-state index is 13.8. The first-order valence-electron chi connectivity index (χ1n) is 6.05. The number of rotatable bonds is 7. The van der Waals surface area contributed by atoms with E-state index in [0.717, 1.165) is 0 Å². The van der Waals surface area contributed by atoms with Crippen molar-refractivity contribution in [1.82, 2.24) is 0 Å². The molecule has 0 aromatic heterocycles. The molecule has 0 radical (unpaired) electrons. The fourth-order valence-electron chi connectivity index (χ4n) is 1.68. The van der Waals surface area contributed by atoms with Crippen LogP contribution in [0, 0.1) is 5.82 Å². The Kier molecular flexibility index (Phi) is 6.22. The van der Waals surface area contributed by atoms with Gasteiger partial charge in [0.1, 0.15) is 6.61 Å². The van der Waals surface area contributed by atoms with Gasteiger partial charge in [-0.15, -0.1) is 0 Å². The summed E-state index contributed by atoms with van der Waals surface area (Å²) in [6, 6.07) is 4.19. The van der Waals surface area contributed by atoms with E-state index < -0.39 is 24.6 Å². The first-order valence-corrected chi connectivity index (χ1v) is 6.05. The van der Waals surface area contributed by atoms with Crippen LogP contribution in [0.1, 0.15) is 12.0 Å². The third-order valence-electron chi connectivity index (χ3n) is 2.64. The normalized spacial score (nSPS) is 13.3. The van der Waals surface area contributed by atoms with Gasteiger partial charge in [-0.3, -0.25) is 0 Å². The van der Waals surface area contributed by atoms with Crippen LogP contribution in [0.4, 0.5) is 17.6 Å². The van der Waals surface area contributed by atoms with Crippen molar-refractivity contribution in [2.24, 2.45) is 5.73 Å². The number of hydrogen-bond acceptors (Lipinski definition) is 3. The van der Waals surface area contributed by atoms with Gasteiger partial charge in [0, 0.05) is 12.6 Å². The van der Waals surface area contributed by atoms with Gasteiger partial charge in [0.2, 0.25) is 0 Å². The highest BCUT2D eigenvalue weighted by atomic mass is 19.4. The number of benzene rings is 1. The van der Waals surface area contributed by atoms with E-state index in [1.165, 1.54) is 13.2 Å². The van der Waals surface area contributed by atoms with Crippen LogP contribution in [0.25, 0.3) is 0 Å². The average molecular weight is 295 g/mol. The lowest BCUT2D eigenvalue weighted by Gasteiger charge is -2.14. The van der Waals surface area contributed by atoms with Crippen LogP contribution in [-0.4, -0.2) is 32.5 Å². The van der Waals surface area contributed by atoms with E-state index in [1.807, 2.05) is 0 Å². The predicted molar refractivity (Wildman–Crippen MR) is 66.1 cm³/mol. The summed E-state index contributed by atoms with van der Waals surface area (Å²) in [4.78, 5) is 0. The van der Waals surface area contributed by atoms with E-state index >= 15 is 0 Å². The third-order valence-corrected chi connectivity index (χ3v) is 2.64. The van der Waals surface area contributed by atoms with Crippen LogP contribution >= 0.6 is 0 Å². The molecule has 1 rings (SSSR count). The maximum Gasteiger partial charge on any atom is 0.411 e. The zero-order valence-electron chi connectivity index (χ0n) is 11.0. The predicted octanol–water partition coefficient (Wildman–Crippen LogP) is 2.67. The Morgan fingerprint density at radius 3 is 2.60 bits per heavy atom. The van der Waals surface area contributed by atoms with Gasteiger partial charge in [0.15, 0.2) is 11.6 Å². The van der Waals surface area contributed by atoms with Crippen molar-refractivity contribution in [3.8, 4) is 5.75 Å². The number of halogens is 4. The largest absolute Gasteiger partial charge is 0.494 e. The lowest BCUT2D eigenvalue weighted by molar-refractivity contribution is -0.174. The van der Waals surface area contributed by atoms with Crippen LogP contribution in [0.5, 0.6) is 5.75 Å². The number of ether oxygens (including phenoxy) is 2. The van der Waals surface area contributed by atoms with Crippen LogP contribution in [0.15, 0.2) is 18.2 Å². The Morgan fingerprint density at radius 1 is 1.30 bits per heavy atom. The Balaban J connectivity index is 2.41. The molecule has 1 aromatic carbocycles. The molecule has 0 spiro atoms. The fraction of sp³-hybridized carbons (Fsp3) is 0.538. The van der Waals surface area contributed by atoms with Gasteiger partial charge < -0.3 is 15.2 Å². The first kappa shape index (κ1) is 16.7. The van der Waals surface area contributed by atoms with Gasteiger partial charge >= 0.3 is 6.18 Å². The number of alkyl halides is 3. The van der Waals surface area contributed by atoms with Crippen molar-refractivity contribution in [3.63, 3.8) is 0 Å². The third kappa shape index (κ3) is 5.75. The van der Waals surface area contributed by atoms with E-state index in [9.17, 15) is 17.6 Å². The van der Waals surface area contributed by atoms with Gasteiger partial charge in [0.25, 0.3) is 0 Å². The summed E-state index contributed by atoms with van der Waals surface area (Å²) in [5.41, 5.74) is 6.12. The smallest absolute Gasteiger partial charge is 0.411 e. The molecule has 2 N–H and O–H groups in total. The van der Waals surface area contributed by atoms with Crippen molar-refractivity contribution in [2.45, 2.75) is 25.1 Å². The quantitative estimate of drug-likeness (QED) is 0.621. The molecule has 1 atom stereocenters. The van der Waals surface area contributed by atoms with Gasteiger partial charge in [-0.1, -0.05) is 12.1 Å². The van der Waals surface area contributed by atoms with Crippen molar-refractivity contribution in [2.75, 3.05) is 20.3 Å². The summed E-state index contributed by atoms with van der Waals surface area (Å²) in [5.74, 6) is -0.385. The molecule has 0 saturated carbocycles. The second kappa shape index (κ2) is 7.44. The summed E-state index contributed by atoms with van der Waals surface area (Å²) < 4.78 is 58.6. The molecule has 7 heteroatoms. The van der Waals surface area contributed by atoms with Crippen molar-refractivity contribution < 1.29 is 27.0 Å². The van der Waals surface area contributed by atoms with Crippen LogP contribution in [0.3, 0.4) is 0 Å². The fourth-order valence-corrected chi connectivity index (χ4v) is 1.68. The van der Waals surface area contributed by atoms with Crippen molar-refractivity contribution >= 4 is 0 Å². The number of methoxy groups -OCH3 is 1. The molecule has 1 unspecified atom stereocenters. The lowest BCUT2D eigenvalue weighted by Crippen LogP contribution is -2.26. The Hall–Kier alpha value is -1.34. The molecule has 0 saturated heterocycles. The Bertz CT molecular complexity index is 423. The zero-order chi connectivity index (χ0) is 15.2. The molecule has 0 aliphatic carbocycles. The first-order chi connectivity index (χ1) is 9.33. The number of hydrogen-bond donors (Lipinski definition) is 1. The average Bonchev–Trinajstić information content (AvgIpc) is 2.36. The molecule has 1 aromatic rings. The Labute approximate surface area is 114 Å². The molecular weight excluding hydrogens is 278 g/mol. The molecule has 0 fully saturated rings. The topological polar surface area (TPSA) is 44.5 Å². The standard InChI is InChI=1S/C13H17F4NO2/c1-19-11-4-2-3-9(12(11)14)7-10(18)5-6-20-8-13(15,16)17/h2-4,10H,5-8,18H2,1H3. The molecule has 20 heavy (non-hydrogen) atoms. The lowest BCUT2D eigenvalue weighted by atomic mass is 10.0. The monoisotopic (exact) mass is 295 g/mol. The van der Waals surface area contributed by atoms with Gasteiger partial charge in [-0.25, -0.2) is 4.39 Å². The molecular formula is C13H17F4NO2. The van der Waals surface area contributed by atoms with Crippen LogP contribution in [-0.2, 0) is 11.2 Å². The van der Waals surface area contributed by atoms with Gasteiger partial charge in [0.05, 0.1) is 7.11 Å². The zero-order valence-corrected chi connectivity index (χ0v) is 11.0. The summed E-state index contributed by atoms with van der Waals surface area (Å²) in [5, 5.41) is 0. The van der Waals surface area contributed by atoms with Gasteiger partial charge in [-0.2, -0.15) is 13.2 Å². The molecule has 0 amide bonds. The minimum Gasteiger partial charge on any atom is -0.494 e. The second-order valence-electron chi connectivity index (χ2n) is 4.35. The summed E-state index contributed by atoms with van der Waals surface area (Å²) in [6.07, 6.45) is -3.92. The minimum atomic E-state index is -4.34. The van der Waals surface area contributed by atoms with E-state index in [-0.39, 0.29) is 25.2 Å². The molecule has 0 aliphatic rings. The maximum atomic E-state index is 13.8. The summed E-state index contributed by atoms with van der Waals surface area (Å²) in [6.45, 7) is -1.42. The number of nitrogens with two attached hydrogens (primary N) is 1. The van der Waals surface area contributed by atoms with E-state index in [0.29, 0.717) is 5.56 Å². The van der Waals surface area contributed by atoms with E-state index in [4.69, 9.17) is 10.5 Å². The minimum absolute atomic E-state index is 0.114. The summed E-state index contributed by atoms with van der Waals surface area (Å²) in [7, 11) is 1.35. The molecule has 3 nitrogen and oxygen atoms in total. The SMILES string of the molecule is COc1cccc(CC(N)CCOCC(F)(F)F)c1F. The van der Waals surface area contributed by atoms with Crippen LogP contribution < -0.4 is 10.5 Å². The second-order valence-corrected chi connectivity index (χ2v) is 4.35. The van der Waals surface area contributed by atoms with Gasteiger partial charge in [-0.05, 0) is 24.5 Å². The van der Waals surface area contributed by atoms with Crippen molar-refractivity contribution in [1.29, 1.82) is 0 Å². The molecule has 0 heterocycles. The van der Waals surface area contributed by atoms with Crippen LogP contribution in [0.2, 0.25) is 0 Å². The van der Waals surface area contributed by atoms with E-state index in [2.05, 4.69) is 4.74 Å². The Morgan fingerprint density at radius 2 is 2.00 bits per heavy atom. The molecule has 0 bridgehead atoms.